The highest BCUT2D eigenvalue weighted by Crippen LogP contribution is 2.31. The van der Waals surface area contributed by atoms with Crippen LogP contribution in [0.4, 0.5) is 4.79 Å². The molecule has 0 saturated carbocycles. The molecule has 0 aromatic heterocycles. The Morgan fingerprint density at radius 1 is 1.56 bits per heavy atom. The topological polar surface area (TPSA) is 78.9 Å². The Hall–Kier alpha value is -1.56. The number of carbonyl (C=O) groups is 2. The largest absolute Gasteiger partial charge is 0.481 e. The van der Waals surface area contributed by atoms with Crippen molar-refractivity contribution in [2.24, 2.45) is 5.92 Å². The summed E-state index contributed by atoms with van der Waals surface area (Å²) in [6.45, 7) is 5.36. The zero-order valence-electron chi connectivity index (χ0n) is 10.2. The van der Waals surface area contributed by atoms with Gasteiger partial charge in [-0.2, -0.15) is 0 Å². The number of carbonyl (C=O) groups excluding carboxylic acids is 1. The average molecular weight is 254 g/mol. The van der Waals surface area contributed by atoms with Crippen LogP contribution in [0.15, 0.2) is 12.7 Å². The Bertz CT molecular complexity index is 353. The molecule has 2 saturated heterocycles. The number of carboxylic acids is 1. The van der Waals surface area contributed by atoms with Crippen molar-refractivity contribution in [1.29, 1.82) is 0 Å². The lowest BCUT2D eigenvalue weighted by atomic mass is 9.79. The van der Waals surface area contributed by atoms with E-state index in [1.54, 1.807) is 4.90 Å². The van der Waals surface area contributed by atoms with Gasteiger partial charge in [0.2, 0.25) is 0 Å². The van der Waals surface area contributed by atoms with E-state index in [4.69, 9.17) is 9.84 Å². The van der Waals surface area contributed by atoms with Crippen molar-refractivity contribution in [1.82, 2.24) is 10.2 Å². The first kappa shape index (κ1) is 12.9. The zero-order valence-corrected chi connectivity index (χ0v) is 10.2. The fourth-order valence-corrected chi connectivity index (χ4v) is 2.50. The van der Waals surface area contributed by atoms with Crippen molar-refractivity contribution in [2.45, 2.75) is 18.4 Å². The van der Waals surface area contributed by atoms with Crippen LogP contribution in [-0.2, 0) is 9.53 Å². The van der Waals surface area contributed by atoms with Gasteiger partial charge in [0.15, 0.2) is 0 Å². The minimum absolute atomic E-state index is 0.0981. The van der Waals surface area contributed by atoms with Gasteiger partial charge in [0.05, 0.1) is 11.5 Å². The van der Waals surface area contributed by atoms with Crippen molar-refractivity contribution in [3.8, 4) is 0 Å². The molecule has 0 radical (unpaired) electrons. The summed E-state index contributed by atoms with van der Waals surface area (Å²) in [5.41, 5.74) is -0.0981. The molecular formula is C12H18N2O4. The monoisotopic (exact) mass is 254 g/mol. The standard InChI is InChI=1S/C12H18N2O4/c1-2-5-18-11(17)14-7-12(8-14)4-3-9(6-13-12)10(15)16/h2,9,13H,1,3-8H2,(H,15,16). The third-order valence-electron chi connectivity index (χ3n) is 3.61. The van der Waals surface area contributed by atoms with Crippen LogP contribution in [0.5, 0.6) is 0 Å². The van der Waals surface area contributed by atoms with Gasteiger partial charge < -0.3 is 20.1 Å². The summed E-state index contributed by atoms with van der Waals surface area (Å²) in [6.07, 6.45) is 2.65. The summed E-state index contributed by atoms with van der Waals surface area (Å²) >= 11 is 0. The number of nitrogens with zero attached hydrogens (tertiary/aromatic N) is 1. The van der Waals surface area contributed by atoms with E-state index in [1.165, 1.54) is 6.08 Å². The SMILES string of the molecule is C=CCOC(=O)N1CC2(CCC(C(=O)O)CN2)C1. The van der Waals surface area contributed by atoms with Gasteiger partial charge in [-0.25, -0.2) is 4.79 Å². The second-order valence-corrected chi connectivity index (χ2v) is 4.96. The molecule has 1 atom stereocenters. The van der Waals surface area contributed by atoms with Gasteiger partial charge in [0, 0.05) is 19.6 Å². The first-order chi connectivity index (χ1) is 8.56. The molecule has 0 aromatic rings. The van der Waals surface area contributed by atoms with E-state index in [0.29, 0.717) is 26.1 Å². The predicted octanol–water partition coefficient (Wildman–Crippen LogP) is 0.448. The second kappa shape index (κ2) is 4.97. The quantitative estimate of drug-likeness (QED) is 0.715. The van der Waals surface area contributed by atoms with Crippen molar-refractivity contribution in [3.05, 3.63) is 12.7 Å². The van der Waals surface area contributed by atoms with Crippen LogP contribution in [0.2, 0.25) is 0 Å². The molecule has 0 aliphatic carbocycles. The second-order valence-electron chi connectivity index (χ2n) is 4.96. The molecule has 100 valence electrons. The molecule has 2 rings (SSSR count). The first-order valence-electron chi connectivity index (χ1n) is 6.07. The van der Waals surface area contributed by atoms with Crippen LogP contribution < -0.4 is 5.32 Å². The lowest BCUT2D eigenvalue weighted by Gasteiger charge is -2.52. The number of piperidine rings is 1. The van der Waals surface area contributed by atoms with Gasteiger partial charge in [0.25, 0.3) is 0 Å². The molecule has 18 heavy (non-hydrogen) atoms. The highest BCUT2D eigenvalue weighted by atomic mass is 16.6. The number of amides is 1. The zero-order chi connectivity index (χ0) is 13.2. The summed E-state index contributed by atoms with van der Waals surface area (Å²) in [5.74, 6) is -1.06. The summed E-state index contributed by atoms with van der Waals surface area (Å²) in [4.78, 5) is 24.0. The Morgan fingerprint density at radius 3 is 2.78 bits per heavy atom. The number of likely N-dealkylation sites (tertiary alicyclic amines) is 1. The van der Waals surface area contributed by atoms with E-state index in [-0.39, 0.29) is 24.2 Å². The molecule has 2 aliphatic heterocycles. The van der Waals surface area contributed by atoms with Crippen LogP contribution in [0.25, 0.3) is 0 Å². The predicted molar refractivity (Wildman–Crippen MR) is 64.2 cm³/mol. The highest BCUT2D eigenvalue weighted by molar-refractivity contribution is 5.71. The molecular weight excluding hydrogens is 236 g/mol. The van der Waals surface area contributed by atoms with Crippen molar-refractivity contribution in [2.75, 3.05) is 26.2 Å². The molecule has 1 amide bonds. The van der Waals surface area contributed by atoms with Gasteiger partial charge >= 0.3 is 12.1 Å². The molecule has 6 heteroatoms. The smallest absolute Gasteiger partial charge is 0.410 e. The van der Waals surface area contributed by atoms with Crippen LogP contribution in [0.1, 0.15) is 12.8 Å². The summed E-state index contributed by atoms with van der Waals surface area (Å²) in [5, 5.41) is 12.2. The maximum absolute atomic E-state index is 11.5. The number of hydrogen-bond donors (Lipinski definition) is 2. The van der Waals surface area contributed by atoms with E-state index in [9.17, 15) is 9.59 Å². The normalized spacial score (nSPS) is 25.3. The third-order valence-corrected chi connectivity index (χ3v) is 3.61. The Kier molecular flexibility index (Phi) is 3.56. The van der Waals surface area contributed by atoms with Crippen LogP contribution >= 0.6 is 0 Å². The molecule has 0 bridgehead atoms. The number of nitrogens with one attached hydrogen (secondary N) is 1. The lowest BCUT2D eigenvalue weighted by Crippen LogP contribution is -2.72. The minimum atomic E-state index is -0.751. The Labute approximate surface area is 106 Å². The maximum Gasteiger partial charge on any atom is 0.410 e. The Balaban J connectivity index is 1.77. The van der Waals surface area contributed by atoms with Gasteiger partial charge in [-0.05, 0) is 12.8 Å². The van der Waals surface area contributed by atoms with Crippen LogP contribution in [0, 0.1) is 5.92 Å². The van der Waals surface area contributed by atoms with Gasteiger partial charge in [-0.3, -0.25) is 4.79 Å². The van der Waals surface area contributed by atoms with Crippen molar-refractivity contribution < 1.29 is 19.4 Å². The molecule has 2 aliphatic rings. The summed E-state index contributed by atoms with van der Waals surface area (Å²) in [7, 11) is 0. The fourth-order valence-electron chi connectivity index (χ4n) is 2.50. The van der Waals surface area contributed by atoms with Gasteiger partial charge in [0.1, 0.15) is 6.61 Å². The molecule has 2 N–H and O–H groups in total. The van der Waals surface area contributed by atoms with Crippen molar-refractivity contribution >= 4 is 12.1 Å². The maximum atomic E-state index is 11.5. The molecule has 1 unspecified atom stereocenters. The van der Waals surface area contributed by atoms with Crippen LogP contribution in [0.3, 0.4) is 0 Å². The first-order valence-corrected chi connectivity index (χ1v) is 6.07. The lowest BCUT2D eigenvalue weighted by molar-refractivity contribution is -0.143. The Morgan fingerprint density at radius 2 is 2.28 bits per heavy atom. The summed E-state index contributed by atoms with van der Waals surface area (Å²) < 4.78 is 4.94. The van der Waals surface area contributed by atoms with E-state index in [2.05, 4.69) is 11.9 Å². The number of rotatable bonds is 3. The van der Waals surface area contributed by atoms with E-state index < -0.39 is 5.97 Å². The number of hydrogen-bond acceptors (Lipinski definition) is 4. The number of aliphatic carboxylic acids is 1. The summed E-state index contributed by atoms with van der Waals surface area (Å²) in [6, 6.07) is 0. The fraction of sp³-hybridized carbons (Fsp3) is 0.667. The molecule has 0 aromatic carbocycles. The minimum Gasteiger partial charge on any atom is -0.481 e. The van der Waals surface area contributed by atoms with Gasteiger partial charge in [-0.1, -0.05) is 12.7 Å². The third kappa shape index (κ3) is 2.48. The molecule has 2 heterocycles. The number of carboxylic acid groups (broad SMARTS) is 1. The highest BCUT2D eigenvalue weighted by Gasteiger charge is 2.48. The van der Waals surface area contributed by atoms with E-state index >= 15 is 0 Å². The van der Waals surface area contributed by atoms with Gasteiger partial charge in [-0.15, -0.1) is 0 Å². The average Bonchev–Trinajstić information content (AvgIpc) is 2.33. The van der Waals surface area contributed by atoms with Crippen molar-refractivity contribution in [3.63, 3.8) is 0 Å². The van der Waals surface area contributed by atoms with E-state index in [1.807, 2.05) is 0 Å². The van der Waals surface area contributed by atoms with Crippen LogP contribution in [-0.4, -0.2) is 53.8 Å². The van der Waals surface area contributed by atoms with E-state index in [0.717, 1.165) is 6.42 Å². The molecule has 1 spiro atoms. The molecule has 2 fully saturated rings. The molecule has 6 nitrogen and oxygen atoms in total. The number of ether oxygens (including phenoxy) is 1.